The first-order chi connectivity index (χ1) is 11.0. The lowest BCUT2D eigenvalue weighted by Crippen LogP contribution is -2.58. The summed E-state index contributed by atoms with van der Waals surface area (Å²) in [5.74, 6) is -1.02. The number of sulfonamides is 1. The van der Waals surface area contributed by atoms with Gasteiger partial charge >= 0.3 is 0 Å². The van der Waals surface area contributed by atoms with Crippen LogP contribution in [0.15, 0.2) is 28.0 Å². The van der Waals surface area contributed by atoms with E-state index in [0.29, 0.717) is 6.42 Å². The molecule has 6 nitrogen and oxygen atoms in total. The minimum Gasteiger partial charge on any atom is -0.329 e. The Hall–Kier alpha value is -0.740. The molecule has 0 saturated heterocycles. The van der Waals surface area contributed by atoms with E-state index in [4.69, 9.17) is 5.73 Å². The molecule has 10 heteroatoms. The van der Waals surface area contributed by atoms with Gasteiger partial charge in [0, 0.05) is 18.3 Å². The van der Waals surface area contributed by atoms with Crippen LogP contribution in [-0.2, 0) is 19.9 Å². The van der Waals surface area contributed by atoms with Crippen LogP contribution in [0.5, 0.6) is 0 Å². The Bertz CT molecular complexity index is 830. The average molecular weight is 415 g/mol. The molecule has 2 unspecified atom stereocenters. The maximum absolute atomic E-state index is 14.0. The minimum atomic E-state index is -4.01. The summed E-state index contributed by atoms with van der Waals surface area (Å²) in [4.78, 5) is -0.834. The molecule has 3 N–H and O–H groups in total. The van der Waals surface area contributed by atoms with E-state index in [1.54, 1.807) is 0 Å². The molecule has 2 rings (SSSR count). The first-order valence-electron chi connectivity index (χ1n) is 7.75. The van der Waals surface area contributed by atoms with Crippen molar-refractivity contribution in [3.8, 4) is 0 Å². The van der Waals surface area contributed by atoms with Crippen LogP contribution in [0, 0.1) is 11.7 Å². The maximum Gasteiger partial charge on any atom is 0.241 e. The number of sulfone groups is 1. The number of rotatable bonds is 5. The van der Waals surface area contributed by atoms with Crippen molar-refractivity contribution in [3.63, 3.8) is 0 Å². The normalized spacial score (nSPS) is 24.6. The highest BCUT2D eigenvalue weighted by molar-refractivity contribution is 7.90. The van der Waals surface area contributed by atoms with Gasteiger partial charge in [-0.15, -0.1) is 12.4 Å². The summed E-state index contributed by atoms with van der Waals surface area (Å²) in [6.07, 6.45) is 4.23. The van der Waals surface area contributed by atoms with E-state index in [2.05, 4.69) is 4.72 Å². The van der Waals surface area contributed by atoms with Crippen molar-refractivity contribution in [3.05, 3.63) is 24.0 Å². The van der Waals surface area contributed by atoms with Crippen LogP contribution >= 0.6 is 12.4 Å². The lowest BCUT2D eigenvalue weighted by Gasteiger charge is -2.42. The quantitative estimate of drug-likeness (QED) is 0.764. The summed E-state index contributed by atoms with van der Waals surface area (Å²) < 4.78 is 64.8. The molecule has 1 aromatic carbocycles. The second-order valence-electron chi connectivity index (χ2n) is 6.48. The third-order valence-electron chi connectivity index (χ3n) is 4.77. The molecule has 0 bridgehead atoms. The van der Waals surface area contributed by atoms with Crippen molar-refractivity contribution < 1.29 is 21.2 Å². The molecule has 25 heavy (non-hydrogen) atoms. The second-order valence-corrected chi connectivity index (χ2v) is 10.1. The van der Waals surface area contributed by atoms with E-state index < -0.39 is 36.1 Å². The van der Waals surface area contributed by atoms with Crippen LogP contribution in [0.25, 0.3) is 0 Å². The topological polar surface area (TPSA) is 106 Å². The lowest BCUT2D eigenvalue weighted by molar-refractivity contribution is 0.191. The molecule has 0 radical (unpaired) electrons. The number of benzene rings is 1. The summed E-state index contributed by atoms with van der Waals surface area (Å²) in [6, 6.07) is 2.80. The summed E-state index contributed by atoms with van der Waals surface area (Å²) >= 11 is 0. The van der Waals surface area contributed by atoms with E-state index in [9.17, 15) is 21.2 Å². The van der Waals surface area contributed by atoms with Crippen molar-refractivity contribution in [1.29, 1.82) is 0 Å². The summed E-state index contributed by atoms with van der Waals surface area (Å²) in [6.45, 7) is 2.10. The molecular formula is C15H24ClFN2O4S2. The number of hydrogen-bond donors (Lipinski definition) is 2. The molecule has 0 aromatic heterocycles. The molecule has 1 aliphatic carbocycles. The van der Waals surface area contributed by atoms with Gasteiger partial charge in [-0.25, -0.2) is 25.9 Å². The third kappa shape index (κ3) is 4.71. The van der Waals surface area contributed by atoms with Gasteiger partial charge < -0.3 is 5.73 Å². The van der Waals surface area contributed by atoms with E-state index in [1.807, 2.05) is 6.92 Å². The zero-order chi connectivity index (χ0) is 18.2. The molecule has 1 aromatic rings. The monoisotopic (exact) mass is 414 g/mol. The Morgan fingerprint density at radius 1 is 1.28 bits per heavy atom. The van der Waals surface area contributed by atoms with Crippen LogP contribution in [0.3, 0.4) is 0 Å². The zero-order valence-corrected chi connectivity index (χ0v) is 16.6. The number of nitrogens with two attached hydrogens (primary N) is 1. The van der Waals surface area contributed by atoms with Gasteiger partial charge in [-0.1, -0.05) is 19.8 Å². The number of halogens is 2. The fourth-order valence-corrected chi connectivity index (χ4v) is 5.46. The van der Waals surface area contributed by atoms with E-state index in [0.717, 1.165) is 43.7 Å². The fraction of sp³-hybridized carbons (Fsp3) is 0.600. The second kappa shape index (κ2) is 7.87. The fourth-order valence-electron chi connectivity index (χ4n) is 3.19. The van der Waals surface area contributed by atoms with Crippen LogP contribution in [-0.4, -0.2) is 35.2 Å². The lowest BCUT2D eigenvalue weighted by atomic mass is 9.74. The highest BCUT2D eigenvalue weighted by atomic mass is 35.5. The van der Waals surface area contributed by atoms with Crippen molar-refractivity contribution in [2.24, 2.45) is 11.7 Å². The predicted octanol–water partition coefficient (Wildman–Crippen LogP) is 1.84. The predicted molar refractivity (Wildman–Crippen MR) is 96.5 cm³/mol. The van der Waals surface area contributed by atoms with Crippen LogP contribution in [0.4, 0.5) is 4.39 Å². The van der Waals surface area contributed by atoms with Gasteiger partial charge in [-0.3, -0.25) is 0 Å². The van der Waals surface area contributed by atoms with Gasteiger partial charge in [0.1, 0.15) is 10.7 Å². The minimum absolute atomic E-state index is 0. The Kier molecular flexibility index (Phi) is 7.02. The highest BCUT2D eigenvalue weighted by Crippen LogP contribution is 2.34. The zero-order valence-electron chi connectivity index (χ0n) is 14.2. The average Bonchev–Trinajstić information content (AvgIpc) is 2.48. The summed E-state index contributed by atoms with van der Waals surface area (Å²) in [7, 11) is -7.77. The highest BCUT2D eigenvalue weighted by Gasteiger charge is 2.40. The molecule has 0 spiro atoms. The van der Waals surface area contributed by atoms with E-state index >= 15 is 0 Å². The molecule has 0 aliphatic heterocycles. The molecule has 2 atom stereocenters. The Morgan fingerprint density at radius 3 is 2.40 bits per heavy atom. The molecule has 1 aliphatic rings. The van der Waals surface area contributed by atoms with E-state index in [1.165, 1.54) is 0 Å². The molecular weight excluding hydrogens is 391 g/mol. The van der Waals surface area contributed by atoms with Gasteiger partial charge in [0.25, 0.3) is 0 Å². The van der Waals surface area contributed by atoms with Crippen molar-refractivity contribution in [2.45, 2.75) is 47.9 Å². The van der Waals surface area contributed by atoms with Crippen molar-refractivity contribution >= 4 is 32.3 Å². The smallest absolute Gasteiger partial charge is 0.241 e. The Labute approximate surface area is 154 Å². The molecule has 1 fully saturated rings. The van der Waals surface area contributed by atoms with Crippen molar-refractivity contribution in [2.75, 3.05) is 12.8 Å². The van der Waals surface area contributed by atoms with Crippen molar-refractivity contribution in [1.82, 2.24) is 4.72 Å². The van der Waals surface area contributed by atoms with Gasteiger partial charge in [0.2, 0.25) is 10.0 Å². The largest absolute Gasteiger partial charge is 0.329 e. The molecule has 0 heterocycles. The first kappa shape index (κ1) is 22.3. The summed E-state index contributed by atoms with van der Waals surface area (Å²) in [5, 5.41) is 0. The van der Waals surface area contributed by atoms with Crippen LogP contribution in [0.1, 0.15) is 32.6 Å². The first-order valence-corrected chi connectivity index (χ1v) is 11.1. The van der Waals surface area contributed by atoms with E-state index in [-0.39, 0.29) is 29.8 Å². The van der Waals surface area contributed by atoms with Gasteiger partial charge in [0.15, 0.2) is 9.84 Å². The van der Waals surface area contributed by atoms with Gasteiger partial charge in [0.05, 0.1) is 4.90 Å². The van der Waals surface area contributed by atoms with Gasteiger partial charge in [-0.05, 0) is 37.0 Å². The standard InChI is InChI=1S/C15H23FN2O4S2.ClH/c1-11-5-3-4-8-15(11,10-17)18-24(21,22)12-6-7-14(13(16)9-12)23(2,19)20;/h6-7,9,11,18H,3-5,8,10,17H2,1-2H3;1H. The van der Waals surface area contributed by atoms with Crippen LogP contribution in [0.2, 0.25) is 0 Å². The number of hydrogen-bond acceptors (Lipinski definition) is 5. The molecule has 144 valence electrons. The summed E-state index contributed by atoms with van der Waals surface area (Å²) in [5.41, 5.74) is 5.08. The maximum atomic E-state index is 14.0. The number of nitrogens with one attached hydrogen (secondary N) is 1. The molecule has 1 saturated carbocycles. The Morgan fingerprint density at radius 2 is 1.92 bits per heavy atom. The molecule has 0 amide bonds. The van der Waals surface area contributed by atoms with Crippen LogP contribution < -0.4 is 10.5 Å². The SMILES string of the molecule is CC1CCCCC1(CN)NS(=O)(=O)c1ccc(S(C)(=O)=O)c(F)c1.Cl. The Balaban J connectivity index is 0.00000312. The van der Waals surface area contributed by atoms with Gasteiger partial charge in [-0.2, -0.15) is 0 Å². The third-order valence-corrected chi connectivity index (χ3v) is 7.45.